The van der Waals surface area contributed by atoms with E-state index in [4.69, 9.17) is 14.2 Å². The standard InChI is InChI=1S/C20H32N4O3S/c1-21-19(22-13-16-4-5-17(25-2)18(12-16)26-3)23-14-20(6-11-28-15-20)24-7-9-27-10-8-24/h4-5,12H,6-11,13-15H2,1-3H3,(H2,21,22,23). The summed E-state index contributed by atoms with van der Waals surface area (Å²) in [5, 5.41) is 6.97. The van der Waals surface area contributed by atoms with E-state index in [2.05, 4.69) is 20.5 Å². The SMILES string of the molecule is CN=C(NCc1ccc(OC)c(OC)c1)NCC1(N2CCOCC2)CCSC1. The Morgan fingerprint density at radius 1 is 1.21 bits per heavy atom. The van der Waals surface area contributed by atoms with E-state index in [-0.39, 0.29) is 5.54 Å². The molecular formula is C20H32N4O3S. The number of ether oxygens (including phenoxy) is 3. The summed E-state index contributed by atoms with van der Waals surface area (Å²) in [6.45, 7) is 5.25. The molecule has 0 saturated carbocycles. The summed E-state index contributed by atoms with van der Waals surface area (Å²) < 4.78 is 16.2. The van der Waals surface area contributed by atoms with Gasteiger partial charge in [0.15, 0.2) is 17.5 Å². The van der Waals surface area contributed by atoms with Gasteiger partial charge in [-0.25, -0.2) is 0 Å². The van der Waals surface area contributed by atoms with Gasteiger partial charge in [0.05, 0.1) is 27.4 Å². The number of morpholine rings is 1. The molecule has 2 fully saturated rings. The van der Waals surface area contributed by atoms with Crippen LogP contribution in [0.4, 0.5) is 0 Å². The smallest absolute Gasteiger partial charge is 0.191 e. The Hall–Kier alpha value is -1.64. The van der Waals surface area contributed by atoms with Gasteiger partial charge in [0.2, 0.25) is 0 Å². The summed E-state index contributed by atoms with van der Waals surface area (Å²) in [4.78, 5) is 7.01. The van der Waals surface area contributed by atoms with Gasteiger partial charge in [-0.05, 0) is 29.9 Å². The summed E-state index contributed by atoms with van der Waals surface area (Å²) in [6.07, 6.45) is 1.21. The van der Waals surface area contributed by atoms with Gasteiger partial charge in [0, 0.05) is 44.5 Å². The summed E-state index contributed by atoms with van der Waals surface area (Å²) >= 11 is 2.04. The molecule has 0 amide bonds. The lowest BCUT2D eigenvalue weighted by molar-refractivity contribution is -0.0120. The van der Waals surface area contributed by atoms with E-state index in [0.29, 0.717) is 6.54 Å². The van der Waals surface area contributed by atoms with E-state index in [9.17, 15) is 0 Å². The van der Waals surface area contributed by atoms with Crippen molar-refractivity contribution in [2.45, 2.75) is 18.5 Å². The van der Waals surface area contributed by atoms with Crippen molar-refractivity contribution in [2.24, 2.45) is 4.99 Å². The van der Waals surface area contributed by atoms with Gasteiger partial charge >= 0.3 is 0 Å². The van der Waals surface area contributed by atoms with Crippen LogP contribution in [-0.2, 0) is 11.3 Å². The van der Waals surface area contributed by atoms with Crippen LogP contribution in [0.1, 0.15) is 12.0 Å². The summed E-state index contributed by atoms with van der Waals surface area (Å²) in [7, 11) is 5.11. The van der Waals surface area contributed by atoms with Crippen molar-refractivity contribution in [3.05, 3.63) is 23.8 Å². The fourth-order valence-corrected chi connectivity index (χ4v) is 5.26. The van der Waals surface area contributed by atoms with Crippen LogP contribution < -0.4 is 20.1 Å². The van der Waals surface area contributed by atoms with Crippen LogP contribution in [0.2, 0.25) is 0 Å². The molecule has 2 aliphatic rings. The molecule has 156 valence electrons. The molecule has 0 aliphatic carbocycles. The molecule has 1 unspecified atom stereocenters. The summed E-state index contributed by atoms with van der Waals surface area (Å²) in [6, 6.07) is 5.95. The van der Waals surface area contributed by atoms with E-state index in [0.717, 1.165) is 61.6 Å². The molecule has 28 heavy (non-hydrogen) atoms. The lowest BCUT2D eigenvalue weighted by Crippen LogP contribution is -2.60. The number of methoxy groups -OCH3 is 2. The predicted molar refractivity (Wildman–Crippen MR) is 115 cm³/mol. The quantitative estimate of drug-likeness (QED) is 0.524. The Morgan fingerprint density at radius 2 is 2.00 bits per heavy atom. The van der Waals surface area contributed by atoms with E-state index >= 15 is 0 Å². The second-order valence-corrected chi connectivity index (χ2v) is 8.20. The second-order valence-electron chi connectivity index (χ2n) is 7.10. The maximum Gasteiger partial charge on any atom is 0.191 e. The maximum absolute atomic E-state index is 5.55. The van der Waals surface area contributed by atoms with Gasteiger partial charge in [-0.2, -0.15) is 11.8 Å². The minimum Gasteiger partial charge on any atom is -0.493 e. The molecule has 0 radical (unpaired) electrons. The predicted octanol–water partition coefficient (Wildman–Crippen LogP) is 1.58. The zero-order valence-corrected chi connectivity index (χ0v) is 17.9. The summed E-state index contributed by atoms with van der Waals surface area (Å²) in [5.74, 6) is 4.67. The Kier molecular flexibility index (Phi) is 7.70. The van der Waals surface area contributed by atoms with E-state index in [1.54, 1.807) is 14.2 Å². The first-order chi connectivity index (χ1) is 13.7. The third-order valence-corrected chi connectivity index (χ3v) is 6.72. The number of nitrogens with one attached hydrogen (secondary N) is 2. The number of aliphatic imine (C=N–C) groups is 1. The highest BCUT2D eigenvalue weighted by molar-refractivity contribution is 7.99. The number of nitrogens with zero attached hydrogens (tertiary/aromatic N) is 2. The molecule has 1 aromatic carbocycles. The molecule has 1 aromatic rings. The largest absolute Gasteiger partial charge is 0.493 e. The fraction of sp³-hybridized carbons (Fsp3) is 0.650. The Morgan fingerprint density at radius 3 is 2.64 bits per heavy atom. The van der Waals surface area contributed by atoms with Crippen LogP contribution in [0.15, 0.2) is 23.2 Å². The van der Waals surface area contributed by atoms with Crippen molar-refractivity contribution in [1.82, 2.24) is 15.5 Å². The highest BCUT2D eigenvalue weighted by Gasteiger charge is 2.40. The Balaban J connectivity index is 1.57. The fourth-order valence-electron chi connectivity index (χ4n) is 3.78. The monoisotopic (exact) mass is 408 g/mol. The minimum absolute atomic E-state index is 0.190. The van der Waals surface area contributed by atoms with Gasteiger partial charge in [0.1, 0.15) is 0 Å². The zero-order valence-electron chi connectivity index (χ0n) is 17.1. The number of hydrogen-bond donors (Lipinski definition) is 2. The third kappa shape index (κ3) is 5.04. The Labute approximate surface area is 172 Å². The molecule has 7 nitrogen and oxygen atoms in total. The van der Waals surface area contributed by atoms with E-state index in [1.807, 2.05) is 37.0 Å². The van der Waals surface area contributed by atoms with Gasteiger partial charge < -0.3 is 24.8 Å². The van der Waals surface area contributed by atoms with Crippen molar-refractivity contribution >= 4 is 17.7 Å². The van der Waals surface area contributed by atoms with Crippen molar-refractivity contribution in [1.29, 1.82) is 0 Å². The van der Waals surface area contributed by atoms with Crippen LogP contribution in [0, 0.1) is 0 Å². The van der Waals surface area contributed by atoms with Crippen LogP contribution in [0.25, 0.3) is 0 Å². The van der Waals surface area contributed by atoms with Gasteiger partial charge in [0.25, 0.3) is 0 Å². The molecule has 0 aromatic heterocycles. The molecule has 1 atom stereocenters. The van der Waals surface area contributed by atoms with Gasteiger partial charge in [-0.15, -0.1) is 0 Å². The molecule has 2 saturated heterocycles. The molecule has 3 rings (SSSR count). The Bertz CT molecular complexity index is 659. The number of thioether (sulfide) groups is 1. The first-order valence-corrected chi connectivity index (χ1v) is 10.9. The lowest BCUT2D eigenvalue weighted by atomic mass is 9.95. The average Bonchev–Trinajstić information content (AvgIpc) is 3.24. The van der Waals surface area contributed by atoms with Crippen LogP contribution in [0.3, 0.4) is 0 Å². The van der Waals surface area contributed by atoms with Gasteiger partial charge in [-0.3, -0.25) is 9.89 Å². The third-order valence-electron chi connectivity index (χ3n) is 5.48. The number of benzene rings is 1. The number of guanidine groups is 1. The van der Waals surface area contributed by atoms with Crippen LogP contribution >= 0.6 is 11.8 Å². The summed E-state index contributed by atoms with van der Waals surface area (Å²) in [5.41, 5.74) is 1.30. The molecule has 2 aliphatic heterocycles. The van der Waals surface area contributed by atoms with Crippen molar-refractivity contribution in [3.63, 3.8) is 0 Å². The number of hydrogen-bond acceptors (Lipinski definition) is 6. The molecule has 0 spiro atoms. The molecule has 8 heteroatoms. The lowest BCUT2D eigenvalue weighted by Gasteiger charge is -2.43. The van der Waals surface area contributed by atoms with Crippen LogP contribution in [-0.4, -0.2) is 82.0 Å². The topological polar surface area (TPSA) is 67.4 Å². The second kappa shape index (κ2) is 10.2. The van der Waals surface area contributed by atoms with E-state index < -0.39 is 0 Å². The zero-order chi connectivity index (χ0) is 19.8. The van der Waals surface area contributed by atoms with Gasteiger partial charge in [-0.1, -0.05) is 6.07 Å². The van der Waals surface area contributed by atoms with E-state index in [1.165, 1.54) is 12.2 Å². The van der Waals surface area contributed by atoms with Crippen molar-refractivity contribution in [3.8, 4) is 11.5 Å². The molecule has 2 heterocycles. The average molecular weight is 409 g/mol. The van der Waals surface area contributed by atoms with Crippen molar-refractivity contribution < 1.29 is 14.2 Å². The highest BCUT2D eigenvalue weighted by atomic mass is 32.2. The first kappa shape index (κ1) is 21.1. The molecule has 0 bridgehead atoms. The maximum atomic E-state index is 5.55. The number of rotatable bonds is 7. The first-order valence-electron chi connectivity index (χ1n) is 9.77. The highest BCUT2D eigenvalue weighted by Crippen LogP contribution is 2.33. The van der Waals surface area contributed by atoms with Crippen molar-refractivity contribution in [2.75, 3.05) is 65.6 Å². The molecular weight excluding hydrogens is 376 g/mol. The molecule has 2 N–H and O–H groups in total. The van der Waals surface area contributed by atoms with Crippen LogP contribution in [0.5, 0.6) is 11.5 Å². The normalized spacial score (nSPS) is 23.5. The minimum atomic E-state index is 0.190.